The van der Waals surface area contributed by atoms with Gasteiger partial charge in [0.1, 0.15) is 0 Å². The standard InChI is InChI=1S/C13H16F3NO/c1-4-9-12(18,13(14,15)16)10-5-7-11(8-6-10)17(2)3/h4-8,18H,1,9H2,2-3H3/t12-/m1/s1. The summed E-state index contributed by atoms with van der Waals surface area (Å²) < 4.78 is 38.8. The van der Waals surface area contributed by atoms with Gasteiger partial charge >= 0.3 is 6.18 Å². The van der Waals surface area contributed by atoms with Crippen molar-refractivity contribution < 1.29 is 18.3 Å². The summed E-state index contributed by atoms with van der Waals surface area (Å²) >= 11 is 0. The summed E-state index contributed by atoms with van der Waals surface area (Å²) in [5, 5.41) is 9.84. The van der Waals surface area contributed by atoms with E-state index in [9.17, 15) is 18.3 Å². The highest BCUT2D eigenvalue weighted by atomic mass is 19.4. The summed E-state index contributed by atoms with van der Waals surface area (Å²) in [6, 6.07) is 5.64. The Morgan fingerprint density at radius 2 is 1.72 bits per heavy atom. The van der Waals surface area contributed by atoms with Crippen LogP contribution in [0.2, 0.25) is 0 Å². The molecule has 0 heterocycles. The van der Waals surface area contributed by atoms with Crippen LogP contribution in [0.15, 0.2) is 36.9 Å². The number of alkyl halides is 3. The predicted molar refractivity (Wildman–Crippen MR) is 65.5 cm³/mol. The Balaban J connectivity index is 3.19. The van der Waals surface area contributed by atoms with Crippen molar-refractivity contribution in [3.8, 4) is 0 Å². The summed E-state index contributed by atoms with van der Waals surface area (Å²) in [7, 11) is 3.57. The first-order valence-electron chi connectivity index (χ1n) is 5.40. The van der Waals surface area contributed by atoms with Crippen molar-refractivity contribution in [1.29, 1.82) is 0 Å². The normalized spacial score (nSPS) is 15.0. The van der Waals surface area contributed by atoms with Crippen LogP contribution in [0.25, 0.3) is 0 Å². The summed E-state index contributed by atoms with van der Waals surface area (Å²) in [6.07, 6.45) is -4.24. The maximum Gasteiger partial charge on any atom is 0.421 e. The number of hydrogen-bond acceptors (Lipinski definition) is 2. The molecule has 0 aliphatic rings. The SMILES string of the molecule is C=CC[C@@](O)(c1ccc(N(C)C)cc1)C(F)(F)F. The average molecular weight is 259 g/mol. The number of hydrogen-bond donors (Lipinski definition) is 1. The second-order valence-electron chi connectivity index (χ2n) is 4.29. The highest BCUT2D eigenvalue weighted by Crippen LogP contribution is 2.42. The molecule has 0 bridgehead atoms. The quantitative estimate of drug-likeness (QED) is 0.840. The maximum absolute atomic E-state index is 12.9. The molecule has 0 spiro atoms. The zero-order chi connectivity index (χ0) is 14.0. The molecule has 1 rings (SSSR count). The van der Waals surface area contributed by atoms with E-state index in [1.165, 1.54) is 24.3 Å². The molecule has 18 heavy (non-hydrogen) atoms. The van der Waals surface area contributed by atoms with E-state index in [1.54, 1.807) is 19.0 Å². The van der Waals surface area contributed by atoms with E-state index in [4.69, 9.17) is 0 Å². The molecule has 0 amide bonds. The highest BCUT2D eigenvalue weighted by molar-refractivity contribution is 5.47. The molecule has 0 fully saturated rings. The lowest BCUT2D eigenvalue weighted by Crippen LogP contribution is -2.41. The maximum atomic E-state index is 12.9. The molecular formula is C13H16F3NO. The van der Waals surface area contributed by atoms with Crippen molar-refractivity contribution in [1.82, 2.24) is 0 Å². The second-order valence-corrected chi connectivity index (χ2v) is 4.29. The topological polar surface area (TPSA) is 23.5 Å². The Hall–Kier alpha value is -1.49. The van der Waals surface area contributed by atoms with Crippen LogP contribution in [-0.2, 0) is 5.60 Å². The molecule has 0 radical (unpaired) electrons. The summed E-state index contributed by atoms with van der Waals surface area (Å²) in [5.74, 6) is 0. The molecule has 0 unspecified atom stereocenters. The molecule has 5 heteroatoms. The van der Waals surface area contributed by atoms with Gasteiger partial charge in [-0.05, 0) is 17.7 Å². The number of benzene rings is 1. The third-order valence-electron chi connectivity index (χ3n) is 2.77. The molecule has 2 nitrogen and oxygen atoms in total. The molecule has 100 valence electrons. The fourth-order valence-electron chi connectivity index (χ4n) is 1.64. The molecule has 1 atom stereocenters. The molecule has 0 aromatic heterocycles. The molecular weight excluding hydrogens is 243 g/mol. The largest absolute Gasteiger partial charge is 0.421 e. The lowest BCUT2D eigenvalue weighted by molar-refractivity contribution is -0.265. The van der Waals surface area contributed by atoms with Gasteiger partial charge in [-0.3, -0.25) is 0 Å². The van der Waals surface area contributed by atoms with Crippen LogP contribution in [0.1, 0.15) is 12.0 Å². The van der Waals surface area contributed by atoms with Crippen LogP contribution >= 0.6 is 0 Å². The monoisotopic (exact) mass is 259 g/mol. The number of nitrogens with zero attached hydrogens (tertiary/aromatic N) is 1. The average Bonchev–Trinajstić information content (AvgIpc) is 2.28. The Labute approximate surface area is 104 Å². The lowest BCUT2D eigenvalue weighted by Gasteiger charge is -2.30. The van der Waals surface area contributed by atoms with Crippen molar-refractivity contribution in [3.05, 3.63) is 42.5 Å². The van der Waals surface area contributed by atoms with Crippen molar-refractivity contribution in [2.24, 2.45) is 0 Å². The van der Waals surface area contributed by atoms with E-state index >= 15 is 0 Å². The number of aliphatic hydroxyl groups is 1. The van der Waals surface area contributed by atoms with Crippen LogP contribution in [0.5, 0.6) is 0 Å². The Bertz CT molecular complexity index is 411. The zero-order valence-electron chi connectivity index (χ0n) is 10.3. The van der Waals surface area contributed by atoms with E-state index in [1.807, 2.05) is 0 Å². The number of anilines is 1. The second kappa shape index (κ2) is 5.02. The van der Waals surface area contributed by atoms with Gasteiger partial charge in [-0.2, -0.15) is 13.2 Å². The summed E-state index contributed by atoms with van der Waals surface area (Å²) in [5.41, 5.74) is -2.29. The van der Waals surface area contributed by atoms with Crippen LogP contribution in [0.3, 0.4) is 0 Å². The fraction of sp³-hybridized carbons (Fsp3) is 0.385. The minimum atomic E-state index is -4.74. The highest BCUT2D eigenvalue weighted by Gasteiger charge is 2.53. The molecule has 0 aliphatic carbocycles. The first-order valence-corrected chi connectivity index (χ1v) is 5.40. The van der Waals surface area contributed by atoms with Gasteiger partial charge in [0.05, 0.1) is 0 Å². The Morgan fingerprint density at radius 1 is 1.22 bits per heavy atom. The van der Waals surface area contributed by atoms with Gasteiger partial charge in [0.2, 0.25) is 0 Å². The van der Waals surface area contributed by atoms with E-state index in [2.05, 4.69) is 6.58 Å². The van der Waals surface area contributed by atoms with Gasteiger partial charge in [0.25, 0.3) is 0 Å². The third kappa shape index (κ3) is 2.67. The van der Waals surface area contributed by atoms with E-state index < -0.39 is 18.2 Å². The van der Waals surface area contributed by atoms with Gasteiger partial charge in [-0.25, -0.2) is 0 Å². The molecule has 0 saturated heterocycles. The molecule has 1 N–H and O–H groups in total. The molecule has 0 aliphatic heterocycles. The first kappa shape index (κ1) is 14.6. The fourth-order valence-corrected chi connectivity index (χ4v) is 1.64. The van der Waals surface area contributed by atoms with Gasteiger partial charge in [-0.1, -0.05) is 18.2 Å². The van der Waals surface area contributed by atoms with Crippen molar-refractivity contribution in [2.75, 3.05) is 19.0 Å². The van der Waals surface area contributed by atoms with Gasteiger partial charge < -0.3 is 10.0 Å². The van der Waals surface area contributed by atoms with E-state index in [-0.39, 0.29) is 5.56 Å². The molecule has 1 aromatic rings. The van der Waals surface area contributed by atoms with Crippen molar-refractivity contribution >= 4 is 5.69 Å². The van der Waals surface area contributed by atoms with Crippen molar-refractivity contribution in [2.45, 2.75) is 18.2 Å². The number of rotatable bonds is 4. The predicted octanol–water partition coefficient (Wildman–Crippen LogP) is 3.08. The van der Waals surface area contributed by atoms with E-state index in [0.717, 1.165) is 11.8 Å². The third-order valence-corrected chi connectivity index (χ3v) is 2.77. The van der Waals surface area contributed by atoms with Gasteiger partial charge in [0, 0.05) is 26.2 Å². The van der Waals surface area contributed by atoms with Crippen LogP contribution < -0.4 is 4.90 Å². The van der Waals surface area contributed by atoms with Crippen LogP contribution in [0.4, 0.5) is 18.9 Å². The summed E-state index contributed by atoms with van der Waals surface area (Å²) in [4.78, 5) is 1.77. The van der Waals surface area contributed by atoms with Crippen molar-refractivity contribution in [3.63, 3.8) is 0 Å². The van der Waals surface area contributed by atoms with Gasteiger partial charge in [0.15, 0.2) is 5.60 Å². The minimum Gasteiger partial charge on any atom is -0.378 e. The van der Waals surface area contributed by atoms with E-state index in [0.29, 0.717) is 0 Å². The Kier molecular flexibility index (Phi) is 4.06. The first-order chi connectivity index (χ1) is 8.22. The lowest BCUT2D eigenvalue weighted by atomic mass is 9.89. The molecule has 0 saturated carbocycles. The summed E-state index contributed by atoms with van der Waals surface area (Å²) in [6.45, 7) is 3.26. The smallest absolute Gasteiger partial charge is 0.378 e. The van der Waals surface area contributed by atoms with Crippen LogP contribution in [0, 0.1) is 0 Å². The Morgan fingerprint density at radius 3 is 2.06 bits per heavy atom. The molecule has 1 aromatic carbocycles. The zero-order valence-corrected chi connectivity index (χ0v) is 10.3. The number of halogens is 3. The van der Waals surface area contributed by atoms with Crippen LogP contribution in [-0.4, -0.2) is 25.4 Å². The van der Waals surface area contributed by atoms with Gasteiger partial charge in [-0.15, -0.1) is 6.58 Å². The minimum absolute atomic E-state index is 0.180.